The predicted molar refractivity (Wildman–Crippen MR) is 49.0 cm³/mol. The Balaban J connectivity index is 2.23. The Morgan fingerprint density at radius 3 is 3.00 bits per heavy atom. The van der Waals surface area contributed by atoms with Crippen LogP contribution in [0.25, 0.3) is 0 Å². The minimum absolute atomic E-state index is 0.00130. The molecule has 1 heterocycles. The quantitative estimate of drug-likeness (QED) is 0.665. The Labute approximate surface area is 77.2 Å². The summed E-state index contributed by atoms with van der Waals surface area (Å²) >= 11 is 0. The smallest absolute Gasteiger partial charge is 0.234 e. The predicted octanol–water partition coefficient (Wildman–Crippen LogP) is -0.413. The number of carbonyl (C=O) groups excluding carboxylic acids is 1. The lowest BCUT2D eigenvalue weighted by Crippen LogP contribution is -2.33. The van der Waals surface area contributed by atoms with Gasteiger partial charge in [-0.3, -0.25) is 4.79 Å². The van der Waals surface area contributed by atoms with E-state index in [9.17, 15) is 4.79 Å². The molecule has 0 bridgehead atoms. The van der Waals surface area contributed by atoms with Gasteiger partial charge in [-0.25, -0.2) is 4.98 Å². The van der Waals surface area contributed by atoms with Crippen LogP contribution in [0, 0.1) is 0 Å². The lowest BCUT2D eigenvalue weighted by Gasteiger charge is -2.08. The van der Waals surface area contributed by atoms with Crippen molar-refractivity contribution in [2.75, 3.05) is 20.6 Å². The minimum atomic E-state index is 0.00130. The Bertz CT molecular complexity index is 255. The number of H-pyrrole nitrogens is 1. The number of hydrogen-bond donors (Lipinski definition) is 2. The van der Waals surface area contributed by atoms with E-state index < -0.39 is 0 Å². The lowest BCUT2D eigenvalue weighted by atomic mass is 10.5. The molecule has 0 fully saturated rings. The summed E-state index contributed by atoms with van der Waals surface area (Å²) in [4.78, 5) is 19.9. The van der Waals surface area contributed by atoms with Gasteiger partial charge >= 0.3 is 0 Å². The van der Waals surface area contributed by atoms with Crippen molar-refractivity contribution in [3.05, 3.63) is 18.2 Å². The van der Waals surface area contributed by atoms with E-state index in [0.29, 0.717) is 13.1 Å². The Morgan fingerprint density at radius 2 is 2.46 bits per heavy atom. The van der Waals surface area contributed by atoms with Crippen LogP contribution in [0.1, 0.15) is 5.82 Å². The summed E-state index contributed by atoms with van der Waals surface area (Å²) in [5.41, 5.74) is 0. The summed E-state index contributed by atoms with van der Waals surface area (Å²) < 4.78 is 0. The molecule has 0 spiro atoms. The summed E-state index contributed by atoms with van der Waals surface area (Å²) in [7, 11) is 3.71. The molecule has 5 nitrogen and oxygen atoms in total. The maximum absolute atomic E-state index is 11.2. The van der Waals surface area contributed by atoms with E-state index in [0.717, 1.165) is 5.82 Å². The molecule has 0 unspecified atom stereocenters. The van der Waals surface area contributed by atoms with Crippen LogP contribution in [0.15, 0.2) is 12.4 Å². The summed E-state index contributed by atoms with van der Waals surface area (Å²) in [6.45, 7) is 0.861. The first-order valence-electron chi connectivity index (χ1n) is 4.08. The lowest BCUT2D eigenvalue weighted by molar-refractivity contribution is -0.121. The SMILES string of the molecule is CN(C)CC(=O)NCc1ncc[nH]1. The van der Waals surface area contributed by atoms with Crippen molar-refractivity contribution in [2.24, 2.45) is 0 Å². The number of imidazole rings is 1. The van der Waals surface area contributed by atoms with Crippen molar-refractivity contribution in [1.29, 1.82) is 0 Å². The minimum Gasteiger partial charge on any atom is -0.348 e. The topological polar surface area (TPSA) is 61.0 Å². The van der Waals surface area contributed by atoms with E-state index in [4.69, 9.17) is 0 Å². The second-order valence-corrected chi connectivity index (χ2v) is 3.05. The summed E-state index contributed by atoms with van der Waals surface area (Å²) in [6.07, 6.45) is 3.39. The number of aromatic amines is 1. The number of nitrogens with zero attached hydrogens (tertiary/aromatic N) is 2. The second-order valence-electron chi connectivity index (χ2n) is 3.05. The van der Waals surface area contributed by atoms with Gasteiger partial charge in [0.15, 0.2) is 0 Å². The summed E-state index contributed by atoms with van der Waals surface area (Å²) in [5.74, 6) is 0.772. The molecule has 0 aromatic carbocycles. The van der Waals surface area contributed by atoms with Gasteiger partial charge in [0.1, 0.15) is 5.82 Å². The number of aromatic nitrogens is 2. The Kier molecular flexibility index (Phi) is 3.45. The average Bonchev–Trinajstić information content (AvgIpc) is 2.51. The standard InChI is InChI=1S/C8H14N4O/c1-12(2)6-8(13)11-5-7-9-3-4-10-7/h3-4H,5-6H2,1-2H3,(H,9,10)(H,11,13). The van der Waals surface area contributed by atoms with E-state index in [2.05, 4.69) is 15.3 Å². The van der Waals surface area contributed by atoms with Crippen LogP contribution in [0.3, 0.4) is 0 Å². The zero-order chi connectivity index (χ0) is 9.68. The summed E-state index contributed by atoms with van der Waals surface area (Å²) in [5, 5.41) is 2.74. The highest BCUT2D eigenvalue weighted by atomic mass is 16.2. The van der Waals surface area contributed by atoms with Crippen LogP contribution in [-0.2, 0) is 11.3 Å². The zero-order valence-electron chi connectivity index (χ0n) is 7.87. The van der Waals surface area contributed by atoms with Gasteiger partial charge in [-0.1, -0.05) is 0 Å². The Hall–Kier alpha value is -1.36. The fraction of sp³-hybridized carbons (Fsp3) is 0.500. The fourth-order valence-corrected chi connectivity index (χ4v) is 0.920. The first kappa shape index (κ1) is 9.73. The highest BCUT2D eigenvalue weighted by molar-refractivity contribution is 5.77. The molecule has 2 N–H and O–H groups in total. The maximum Gasteiger partial charge on any atom is 0.234 e. The monoisotopic (exact) mass is 182 g/mol. The molecule has 1 aromatic heterocycles. The zero-order valence-corrected chi connectivity index (χ0v) is 7.87. The van der Waals surface area contributed by atoms with Gasteiger partial charge in [0.2, 0.25) is 5.91 Å². The van der Waals surface area contributed by atoms with Crippen molar-refractivity contribution in [3.63, 3.8) is 0 Å². The third-order valence-corrected chi connectivity index (χ3v) is 1.47. The molecule has 1 rings (SSSR count). The second kappa shape index (κ2) is 4.61. The third-order valence-electron chi connectivity index (χ3n) is 1.47. The number of amides is 1. The molecule has 1 amide bonds. The van der Waals surface area contributed by atoms with Crippen LogP contribution < -0.4 is 5.32 Å². The van der Waals surface area contributed by atoms with Gasteiger partial charge in [0, 0.05) is 12.4 Å². The van der Waals surface area contributed by atoms with Gasteiger partial charge in [0.05, 0.1) is 13.1 Å². The molecule has 0 aliphatic heterocycles. The molecule has 0 atom stereocenters. The van der Waals surface area contributed by atoms with Crippen LogP contribution in [0.2, 0.25) is 0 Å². The first-order valence-corrected chi connectivity index (χ1v) is 4.08. The van der Waals surface area contributed by atoms with Gasteiger partial charge in [-0.15, -0.1) is 0 Å². The Morgan fingerprint density at radius 1 is 1.69 bits per heavy atom. The molecule has 0 saturated heterocycles. The first-order chi connectivity index (χ1) is 6.18. The third kappa shape index (κ3) is 3.71. The molecule has 0 aliphatic rings. The molecule has 13 heavy (non-hydrogen) atoms. The van der Waals surface area contributed by atoms with E-state index in [1.807, 2.05) is 19.0 Å². The molecule has 0 saturated carbocycles. The number of likely N-dealkylation sites (N-methyl/N-ethyl adjacent to an activating group) is 1. The number of hydrogen-bond acceptors (Lipinski definition) is 3. The largest absolute Gasteiger partial charge is 0.348 e. The number of carbonyl (C=O) groups is 1. The van der Waals surface area contributed by atoms with Gasteiger partial charge in [-0.2, -0.15) is 0 Å². The van der Waals surface area contributed by atoms with Crippen LogP contribution >= 0.6 is 0 Å². The van der Waals surface area contributed by atoms with Crippen molar-refractivity contribution in [2.45, 2.75) is 6.54 Å². The molecule has 0 radical (unpaired) electrons. The van der Waals surface area contributed by atoms with E-state index in [1.165, 1.54) is 0 Å². The van der Waals surface area contributed by atoms with Crippen molar-refractivity contribution < 1.29 is 4.79 Å². The fourth-order valence-electron chi connectivity index (χ4n) is 0.920. The average molecular weight is 182 g/mol. The molecular formula is C8H14N4O. The molecule has 72 valence electrons. The van der Waals surface area contributed by atoms with Crippen LogP contribution in [0.5, 0.6) is 0 Å². The number of nitrogens with one attached hydrogen (secondary N) is 2. The highest BCUT2D eigenvalue weighted by Gasteiger charge is 2.02. The number of rotatable bonds is 4. The molecular weight excluding hydrogens is 168 g/mol. The molecule has 1 aromatic rings. The van der Waals surface area contributed by atoms with Gasteiger partial charge < -0.3 is 15.2 Å². The molecule has 5 heteroatoms. The van der Waals surface area contributed by atoms with Crippen molar-refractivity contribution in [1.82, 2.24) is 20.2 Å². The normalized spacial score (nSPS) is 10.4. The van der Waals surface area contributed by atoms with E-state index in [-0.39, 0.29) is 5.91 Å². The van der Waals surface area contributed by atoms with Crippen molar-refractivity contribution >= 4 is 5.91 Å². The van der Waals surface area contributed by atoms with E-state index >= 15 is 0 Å². The molecule has 0 aliphatic carbocycles. The van der Waals surface area contributed by atoms with Crippen molar-refractivity contribution in [3.8, 4) is 0 Å². The van der Waals surface area contributed by atoms with Gasteiger partial charge in [0.25, 0.3) is 0 Å². The van der Waals surface area contributed by atoms with Crippen LogP contribution in [0.4, 0.5) is 0 Å². The van der Waals surface area contributed by atoms with Crippen LogP contribution in [-0.4, -0.2) is 41.4 Å². The maximum atomic E-state index is 11.2. The highest BCUT2D eigenvalue weighted by Crippen LogP contribution is 1.86. The van der Waals surface area contributed by atoms with Gasteiger partial charge in [-0.05, 0) is 14.1 Å². The summed E-state index contributed by atoms with van der Waals surface area (Å²) in [6, 6.07) is 0. The van der Waals surface area contributed by atoms with E-state index in [1.54, 1.807) is 12.4 Å².